The number of aromatic nitrogens is 2. The Kier molecular flexibility index (Phi) is 2.44. The fourth-order valence-electron chi connectivity index (χ4n) is 0.717. The lowest BCUT2D eigenvalue weighted by Gasteiger charge is -1.96. The van der Waals surface area contributed by atoms with E-state index >= 15 is 0 Å². The monoisotopic (exact) mass is 188 g/mol. The maximum absolute atomic E-state index is 10.9. The first-order valence-electron chi connectivity index (χ1n) is 3.05. The topological polar surface area (TPSA) is 83.0 Å². The number of nitrogens with zero attached hydrogens (tertiary/aromatic N) is 1. The van der Waals surface area contributed by atoms with E-state index in [2.05, 4.69) is 10.2 Å². The molecule has 1 aromatic rings. The number of H-pyrrole nitrogens is 1. The third-order valence-corrected chi connectivity index (χ3v) is 1.56. The Morgan fingerprint density at radius 1 is 1.75 bits per heavy atom. The van der Waals surface area contributed by atoms with Crippen LogP contribution in [0.5, 0.6) is 0 Å². The van der Waals surface area contributed by atoms with E-state index in [0.29, 0.717) is 0 Å². The number of carboxylic acid groups (broad SMARTS) is 1. The van der Waals surface area contributed by atoms with Crippen LogP contribution in [-0.2, 0) is 11.2 Å². The van der Waals surface area contributed by atoms with Crippen LogP contribution >= 0.6 is 11.6 Å². The van der Waals surface area contributed by atoms with Gasteiger partial charge in [0.25, 0.3) is 5.56 Å². The van der Waals surface area contributed by atoms with Crippen molar-refractivity contribution in [3.05, 3.63) is 27.1 Å². The van der Waals surface area contributed by atoms with Crippen molar-refractivity contribution in [1.29, 1.82) is 0 Å². The maximum Gasteiger partial charge on any atom is 0.308 e. The Hall–Kier alpha value is -1.36. The van der Waals surface area contributed by atoms with Crippen LogP contribution < -0.4 is 5.56 Å². The second kappa shape index (κ2) is 3.36. The first-order chi connectivity index (χ1) is 5.61. The van der Waals surface area contributed by atoms with E-state index in [1.54, 1.807) is 0 Å². The van der Waals surface area contributed by atoms with Gasteiger partial charge in [-0.15, -0.1) is 0 Å². The minimum absolute atomic E-state index is 0.0270. The zero-order valence-electron chi connectivity index (χ0n) is 5.87. The summed E-state index contributed by atoms with van der Waals surface area (Å²) < 4.78 is 0. The Balaban J connectivity index is 3.13. The van der Waals surface area contributed by atoms with Gasteiger partial charge in [-0.2, -0.15) is 5.10 Å². The van der Waals surface area contributed by atoms with E-state index in [1.165, 1.54) is 6.20 Å². The lowest BCUT2D eigenvalue weighted by molar-refractivity contribution is -0.136. The average molecular weight is 189 g/mol. The van der Waals surface area contributed by atoms with Gasteiger partial charge in [0.05, 0.1) is 23.2 Å². The highest BCUT2D eigenvalue weighted by molar-refractivity contribution is 6.31. The predicted octanol–water partition coefficient (Wildman–Crippen LogP) is 0.0504. The molecule has 12 heavy (non-hydrogen) atoms. The van der Waals surface area contributed by atoms with Crippen molar-refractivity contribution in [3.8, 4) is 0 Å². The zero-order valence-corrected chi connectivity index (χ0v) is 6.63. The summed E-state index contributed by atoms with van der Waals surface area (Å²) in [7, 11) is 0. The van der Waals surface area contributed by atoms with Gasteiger partial charge in [-0.1, -0.05) is 11.6 Å². The zero-order chi connectivity index (χ0) is 9.14. The van der Waals surface area contributed by atoms with Gasteiger partial charge >= 0.3 is 5.97 Å². The summed E-state index contributed by atoms with van der Waals surface area (Å²) >= 11 is 5.53. The van der Waals surface area contributed by atoms with E-state index in [1.807, 2.05) is 0 Å². The van der Waals surface area contributed by atoms with E-state index in [9.17, 15) is 9.59 Å². The minimum atomic E-state index is -1.10. The summed E-state index contributed by atoms with van der Waals surface area (Å²) in [4.78, 5) is 21.2. The molecule has 0 spiro atoms. The van der Waals surface area contributed by atoms with Crippen LogP contribution in [0.2, 0.25) is 5.02 Å². The molecular formula is C6H5ClN2O3. The number of aromatic amines is 1. The number of carboxylic acids is 1. The lowest BCUT2D eigenvalue weighted by atomic mass is 10.2. The number of aliphatic carboxylic acids is 1. The summed E-state index contributed by atoms with van der Waals surface area (Å²) in [5.74, 6) is -1.10. The third-order valence-electron chi connectivity index (χ3n) is 1.23. The molecule has 0 fully saturated rings. The van der Waals surface area contributed by atoms with Gasteiger partial charge in [0.15, 0.2) is 0 Å². The predicted molar refractivity (Wildman–Crippen MR) is 41.2 cm³/mol. The molecule has 1 rings (SSSR count). The lowest BCUT2D eigenvalue weighted by Crippen LogP contribution is -2.17. The van der Waals surface area contributed by atoms with Crippen molar-refractivity contribution in [2.24, 2.45) is 0 Å². The van der Waals surface area contributed by atoms with E-state index in [-0.39, 0.29) is 10.6 Å². The minimum Gasteiger partial charge on any atom is -0.481 e. The van der Waals surface area contributed by atoms with Crippen LogP contribution in [-0.4, -0.2) is 21.3 Å². The van der Waals surface area contributed by atoms with E-state index in [0.717, 1.165) is 0 Å². The molecule has 6 heteroatoms. The normalized spacial score (nSPS) is 9.75. The smallest absolute Gasteiger partial charge is 0.308 e. The molecular weight excluding hydrogens is 184 g/mol. The molecule has 5 nitrogen and oxygen atoms in total. The molecule has 0 aromatic carbocycles. The van der Waals surface area contributed by atoms with Gasteiger partial charge in [0, 0.05) is 0 Å². The molecule has 0 aliphatic rings. The summed E-state index contributed by atoms with van der Waals surface area (Å²) in [6.45, 7) is 0. The number of hydrogen-bond donors (Lipinski definition) is 2. The van der Waals surface area contributed by atoms with Gasteiger partial charge < -0.3 is 5.11 Å². The van der Waals surface area contributed by atoms with Crippen molar-refractivity contribution in [1.82, 2.24) is 10.2 Å². The van der Waals surface area contributed by atoms with Gasteiger partial charge in [-0.3, -0.25) is 9.59 Å². The Bertz CT molecular complexity index is 360. The van der Waals surface area contributed by atoms with Gasteiger partial charge in [-0.25, -0.2) is 5.10 Å². The number of hydrogen-bond acceptors (Lipinski definition) is 3. The first kappa shape index (κ1) is 8.73. The quantitative estimate of drug-likeness (QED) is 0.687. The average Bonchev–Trinajstić information content (AvgIpc) is 1.97. The summed E-state index contributed by atoms with van der Waals surface area (Å²) in [6.07, 6.45) is 0.803. The Morgan fingerprint density at radius 3 is 2.92 bits per heavy atom. The van der Waals surface area contributed by atoms with Crippen molar-refractivity contribution >= 4 is 17.6 Å². The van der Waals surface area contributed by atoms with Crippen molar-refractivity contribution in [2.75, 3.05) is 0 Å². The van der Waals surface area contributed by atoms with Crippen LogP contribution in [0.25, 0.3) is 0 Å². The molecule has 0 aliphatic carbocycles. The second-order valence-electron chi connectivity index (χ2n) is 2.10. The van der Waals surface area contributed by atoms with E-state index in [4.69, 9.17) is 16.7 Å². The van der Waals surface area contributed by atoms with Gasteiger partial charge in [0.2, 0.25) is 0 Å². The molecule has 0 atom stereocenters. The van der Waals surface area contributed by atoms with Gasteiger partial charge in [-0.05, 0) is 0 Å². The summed E-state index contributed by atoms with van der Waals surface area (Å²) in [6, 6.07) is 0. The largest absolute Gasteiger partial charge is 0.481 e. The fourth-order valence-corrected chi connectivity index (χ4v) is 0.919. The molecule has 1 heterocycles. The summed E-state index contributed by atoms with van der Waals surface area (Å²) in [5.41, 5.74) is -0.538. The molecule has 0 aliphatic heterocycles. The van der Waals surface area contributed by atoms with Crippen molar-refractivity contribution in [2.45, 2.75) is 6.42 Å². The maximum atomic E-state index is 10.9. The second-order valence-corrected chi connectivity index (χ2v) is 2.50. The number of rotatable bonds is 2. The highest BCUT2D eigenvalue weighted by Crippen LogP contribution is 2.08. The molecule has 0 unspecified atom stereocenters. The molecule has 0 saturated carbocycles. The Morgan fingerprint density at radius 2 is 2.42 bits per heavy atom. The number of carbonyl (C=O) groups is 1. The van der Waals surface area contributed by atoms with E-state index < -0.39 is 17.9 Å². The molecule has 0 amide bonds. The molecule has 0 saturated heterocycles. The Labute approximate surface area is 72.0 Å². The van der Waals surface area contributed by atoms with Crippen LogP contribution in [0.1, 0.15) is 5.56 Å². The fraction of sp³-hybridized carbons (Fsp3) is 0.167. The van der Waals surface area contributed by atoms with Crippen LogP contribution in [0.4, 0.5) is 0 Å². The van der Waals surface area contributed by atoms with Crippen molar-refractivity contribution in [3.63, 3.8) is 0 Å². The highest BCUT2D eigenvalue weighted by Gasteiger charge is 2.09. The molecule has 2 N–H and O–H groups in total. The van der Waals surface area contributed by atoms with Crippen LogP contribution in [0, 0.1) is 0 Å². The van der Waals surface area contributed by atoms with Crippen LogP contribution in [0.15, 0.2) is 11.0 Å². The van der Waals surface area contributed by atoms with Crippen LogP contribution in [0.3, 0.4) is 0 Å². The van der Waals surface area contributed by atoms with Crippen molar-refractivity contribution < 1.29 is 9.90 Å². The molecule has 1 aromatic heterocycles. The summed E-state index contributed by atoms with van der Waals surface area (Å²) in [5, 5.41) is 13.9. The standard InChI is InChI=1S/C6H5ClN2O3/c7-4-2-8-9-6(12)3(4)1-5(10)11/h2H,1H2,(H,9,12)(H,10,11). The highest BCUT2D eigenvalue weighted by atomic mass is 35.5. The number of nitrogens with one attached hydrogen (secondary N) is 1. The molecule has 0 bridgehead atoms. The molecule has 0 radical (unpaired) electrons. The first-order valence-corrected chi connectivity index (χ1v) is 3.43. The third kappa shape index (κ3) is 1.82. The van der Waals surface area contributed by atoms with Gasteiger partial charge in [0.1, 0.15) is 0 Å². The molecule has 64 valence electrons. The number of halogens is 1. The SMILES string of the molecule is O=C(O)Cc1c(Cl)cn[nH]c1=O.